The number of carbonyl (C=O) groups excluding carboxylic acids is 1. The average Bonchev–Trinajstić information content (AvgIpc) is 2.57. The lowest BCUT2D eigenvalue weighted by atomic mass is 9.75. The zero-order valence-corrected chi connectivity index (χ0v) is 9.46. The molecule has 0 bridgehead atoms. The molecule has 3 heteroatoms. The summed E-state index contributed by atoms with van der Waals surface area (Å²) in [7, 11) is 0. The molecule has 0 aromatic heterocycles. The maximum atomic E-state index is 11.5. The van der Waals surface area contributed by atoms with Gasteiger partial charge in [0.2, 0.25) is 0 Å². The van der Waals surface area contributed by atoms with Crippen LogP contribution in [0.15, 0.2) is 59.5 Å². The third-order valence-corrected chi connectivity index (χ3v) is 3.52. The average molecular weight is 235 g/mol. The van der Waals surface area contributed by atoms with Crippen molar-refractivity contribution in [3.8, 4) is 5.75 Å². The number of carbonyl (C=O) groups is 1. The fourth-order valence-electron chi connectivity index (χ4n) is 2.72. The van der Waals surface area contributed by atoms with Crippen molar-refractivity contribution < 1.29 is 9.53 Å². The number of ketones is 1. The van der Waals surface area contributed by atoms with Crippen molar-refractivity contribution in [1.82, 2.24) is 0 Å². The molecule has 0 radical (unpaired) electrons. The number of ether oxygens (including phenoxy) is 1. The Balaban J connectivity index is 2.11. The van der Waals surface area contributed by atoms with E-state index in [9.17, 15) is 4.79 Å². The van der Waals surface area contributed by atoms with Crippen molar-refractivity contribution in [2.75, 3.05) is 0 Å². The van der Waals surface area contributed by atoms with Crippen LogP contribution in [0.4, 0.5) is 0 Å². The van der Waals surface area contributed by atoms with Gasteiger partial charge in [-0.25, -0.2) is 0 Å². The number of allylic oxidation sites excluding steroid dienone is 3. The number of hydrogen-bond donors (Lipinski definition) is 0. The van der Waals surface area contributed by atoms with Gasteiger partial charge in [-0.3, -0.25) is 9.79 Å². The molecule has 18 heavy (non-hydrogen) atoms. The van der Waals surface area contributed by atoms with Gasteiger partial charge >= 0.3 is 0 Å². The van der Waals surface area contributed by atoms with Gasteiger partial charge in [0.25, 0.3) is 0 Å². The van der Waals surface area contributed by atoms with Crippen LogP contribution in [0, 0.1) is 0 Å². The monoisotopic (exact) mass is 235 g/mol. The highest BCUT2D eigenvalue weighted by molar-refractivity contribution is 6.02. The van der Waals surface area contributed by atoms with Crippen LogP contribution in [0.3, 0.4) is 0 Å². The number of hydrogen-bond acceptors (Lipinski definition) is 3. The first-order valence-corrected chi connectivity index (χ1v) is 5.77. The minimum absolute atomic E-state index is 0.0384. The Bertz CT molecular complexity index is 694. The van der Waals surface area contributed by atoms with Crippen LogP contribution in [0.5, 0.6) is 5.75 Å². The molecule has 0 saturated carbocycles. The standard InChI is InChI=1S/C15H9NO2/c17-11-4-5-15-6-7-16-9-10-2-1-3-12(14(10)15)18-13(15)8-11/h1-9H. The van der Waals surface area contributed by atoms with Gasteiger partial charge in [0.05, 0.1) is 5.41 Å². The maximum absolute atomic E-state index is 11.5. The lowest BCUT2D eigenvalue weighted by Crippen LogP contribution is -2.25. The molecular weight excluding hydrogens is 226 g/mol. The molecule has 86 valence electrons. The van der Waals surface area contributed by atoms with Crippen LogP contribution in [0.25, 0.3) is 0 Å². The first kappa shape index (κ1) is 9.59. The van der Waals surface area contributed by atoms with Crippen LogP contribution >= 0.6 is 0 Å². The summed E-state index contributed by atoms with van der Waals surface area (Å²) >= 11 is 0. The molecule has 0 N–H and O–H groups in total. The number of benzene rings is 1. The fraction of sp³-hybridized carbons (Fsp3) is 0.0667. The van der Waals surface area contributed by atoms with Gasteiger partial charge in [-0.05, 0) is 18.2 Å². The van der Waals surface area contributed by atoms with Crippen molar-refractivity contribution >= 4 is 12.0 Å². The summed E-state index contributed by atoms with van der Waals surface area (Å²) in [5.41, 5.74) is 1.63. The van der Waals surface area contributed by atoms with E-state index in [2.05, 4.69) is 4.99 Å². The highest BCUT2D eigenvalue weighted by Gasteiger charge is 2.45. The van der Waals surface area contributed by atoms with Crippen molar-refractivity contribution in [3.63, 3.8) is 0 Å². The van der Waals surface area contributed by atoms with Gasteiger partial charge in [0, 0.05) is 29.6 Å². The van der Waals surface area contributed by atoms with Crippen molar-refractivity contribution in [2.24, 2.45) is 4.99 Å². The van der Waals surface area contributed by atoms with E-state index in [4.69, 9.17) is 4.74 Å². The third kappa shape index (κ3) is 1.03. The molecule has 1 atom stereocenters. The van der Waals surface area contributed by atoms with Crippen LogP contribution in [-0.2, 0) is 10.2 Å². The molecule has 4 rings (SSSR count). The molecule has 1 aromatic rings. The predicted molar refractivity (Wildman–Crippen MR) is 67.7 cm³/mol. The van der Waals surface area contributed by atoms with Gasteiger partial charge in [0.15, 0.2) is 5.78 Å². The second kappa shape index (κ2) is 3.07. The van der Waals surface area contributed by atoms with Crippen LogP contribution in [0.1, 0.15) is 11.1 Å². The highest BCUT2D eigenvalue weighted by Crippen LogP contribution is 2.50. The summed E-state index contributed by atoms with van der Waals surface area (Å²) in [5, 5.41) is 0. The summed E-state index contributed by atoms with van der Waals surface area (Å²) in [4.78, 5) is 15.7. The molecule has 0 fully saturated rings. The largest absolute Gasteiger partial charge is 0.460 e. The molecule has 1 aromatic carbocycles. The van der Waals surface area contributed by atoms with Crippen LogP contribution in [-0.4, -0.2) is 12.0 Å². The summed E-state index contributed by atoms with van der Waals surface area (Å²) in [6.07, 6.45) is 10.6. The van der Waals surface area contributed by atoms with Crippen LogP contribution < -0.4 is 4.74 Å². The molecule has 1 spiro atoms. The minimum atomic E-state index is -0.462. The van der Waals surface area contributed by atoms with E-state index in [1.165, 1.54) is 0 Å². The smallest absolute Gasteiger partial charge is 0.181 e. The number of nitrogens with zero attached hydrogens (tertiary/aromatic N) is 1. The minimum Gasteiger partial charge on any atom is -0.460 e. The highest BCUT2D eigenvalue weighted by atomic mass is 16.5. The van der Waals surface area contributed by atoms with Gasteiger partial charge in [-0.2, -0.15) is 0 Å². The van der Waals surface area contributed by atoms with E-state index in [0.29, 0.717) is 5.76 Å². The van der Waals surface area contributed by atoms with Crippen molar-refractivity contribution in [2.45, 2.75) is 5.41 Å². The summed E-state index contributed by atoms with van der Waals surface area (Å²) in [6, 6.07) is 5.86. The predicted octanol–water partition coefficient (Wildman–Crippen LogP) is 2.29. The Morgan fingerprint density at radius 1 is 1.22 bits per heavy atom. The second-order valence-electron chi connectivity index (χ2n) is 4.53. The number of aliphatic imine (C=N–C) groups is 1. The van der Waals surface area contributed by atoms with Gasteiger partial charge in [-0.15, -0.1) is 0 Å². The summed E-state index contributed by atoms with van der Waals surface area (Å²) < 4.78 is 5.83. The molecule has 0 amide bonds. The first-order valence-electron chi connectivity index (χ1n) is 5.77. The molecule has 3 nitrogen and oxygen atoms in total. The quantitative estimate of drug-likeness (QED) is 0.692. The molecule has 1 aliphatic carbocycles. The van der Waals surface area contributed by atoms with Crippen molar-refractivity contribution in [1.29, 1.82) is 0 Å². The third-order valence-electron chi connectivity index (χ3n) is 3.52. The SMILES string of the molecule is O=C1C=CC23C=CN=Cc4cccc(c42)OC3=C1. The van der Waals surface area contributed by atoms with E-state index >= 15 is 0 Å². The summed E-state index contributed by atoms with van der Waals surface area (Å²) in [6.45, 7) is 0. The Morgan fingerprint density at radius 2 is 2.17 bits per heavy atom. The molecule has 2 heterocycles. The van der Waals surface area contributed by atoms with E-state index < -0.39 is 5.41 Å². The van der Waals surface area contributed by atoms with Gasteiger partial charge in [0.1, 0.15) is 11.5 Å². The normalized spacial score (nSPS) is 26.2. The Kier molecular flexibility index (Phi) is 1.64. The van der Waals surface area contributed by atoms with E-state index in [1.54, 1.807) is 18.4 Å². The van der Waals surface area contributed by atoms with Crippen molar-refractivity contribution in [3.05, 3.63) is 65.6 Å². The summed E-state index contributed by atoms with van der Waals surface area (Å²) in [5.74, 6) is 1.43. The molecule has 3 aliphatic rings. The van der Waals surface area contributed by atoms with Gasteiger partial charge in [-0.1, -0.05) is 18.2 Å². The zero-order valence-electron chi connectivity index (χ0n) is 9.46. The van der Waals surface area contributed by atoms with Gasteiger partial charge < -0.3 is 4.74 Å². The number of rotatable bonds is 0. The van der Waals surface area contributed by atoms with E-state index in [-0.39, 0.29) is 5.78 Å². The topological polar surface area (TPSA) is 38.7 Å². The first-order chi connectivity index (χ1) is 8.79. The van der Waals surface area contributed by atoms with E-state index in [0.717, 1.165) is 16.9 Å². The fourth-order valence-corrected chi connectivity index (χ4v) is 2.72. The molecule has 2 aliphatic heterocycles. The maximum Gasteiger partial charge on any atom is 0.181 e. The second-order valence-corrected chi connectivity index (χ2v) is 4.53. The lowest BCUT2D eigenvalue weighted by molar-refractivity contribution is -0.110. The molecule has 0 saturated heterocycles. The lowest BCUT2D eigenvalue weighted by Gasteiger charge is -2.24. The van der Waals surface area contributed by atoms with Crippen LogP contribution in [0.2, 0.25) is 0 Å². The Hall–Kier alpha value is -2.42. The Morgan fingerprint density at radius 3 is 3.11 bits per heavy atom. The van der Waals surface area contributed by atoms with E-state index in [1.807, 2.05) is 36.6 Å². The molecular formula is C15H9NO2. The molecule has 1 unspecified atom stereocenters. The zero-order chi connectivity index (χ0) is 12.2. The Labute approximate surface area is 104 Å².